The SMILES string of the molecule is O=C(CNC(=O)c1cc(-c2ccccc2)on1)N[C@H]1CCCNC1. The van der Waals surface area contributed by atoms with Crippen LogP contribution in [0.15, 0.2) is 40.9 Å². The molecule has 0 radical (unpaired) electrons. The summed E-state index contributed by atoms with van der Waals surface area (Å²) in [5, 5.41) is 12.4. The Balaban J connectivity index is 1.50. The van der Waals surface area contributed by atoms with Crippen LogP contribution in [-0.2, 0) is 4.79 Å². The van der Waals surface area contributed by atoms with Gasteiger partial charge >= 0.3 is 0 Å². The van der Waals surface area contributed by atoms with E-state index >= 15 is 0 Å². The molecule has 1 aliphatic heterocycles. The van der Waals surface area contributed by atoms with Crippen LogP contribution in [0.25, 0.3) is 11.3 Å². The standard InChI is InChI=1S/C17H20N4O3/c22-16(20-13-7-4-8-18-10-13)11-19-17(23)14-9-15(24-21-14)12-5-2-1-3-6-12/h1-3,5-6,9,13,18H,4,7-8,10-11H2,(H,19,23)(H,20,22)/t13-/m0/s1. The van der Waals surface area contributed by atoms with E-state index in [-0.39, 0.29) is 24.2 Å². The number of nitrogens with zero attached hydrogens (tertiary/aromatic N) is 1. The molecule has 1 aliphatic rings. The molecule has 7 nitrogen and oxygen atoms in total. The summed E-state index contributed by atoms with van der Waals surface area (Å²) in [6.07, 6.45) is 1.99. The Morgan fingerprint density at radius 3 is 2.88 bits per heavy atom. The minimum Gasteiger partial charge on any atom is -0.355 e. The Kier molecular flexibility index (Phi) is 5.22. The molecule has 1 fully saturated rings. The van der Waals surface area contributed by atoms with E-state index < -0.39 is 5.91 Å². The van der Waals surface area contributed by atoms with Gasteiger partial charge in [0.1, 0.15) is 0 Å². The van der Waals surface area contributed by atoms with Gasteiger partial charge < -0.3 is 20.5 Å². The van der Waals surface area contributed by atoms with Crippen LogP contribution in [0.2, 0.25) is 0 Å². The van der Waals surface area contributed by atoms with E-state index in [2.05, 4.69) is 21.1 Å². The Labute approximate surface area is 139 Å². The van der Waals surface area contributed by atoms with Gasteiger partial charge in [0, 0.05) is 24.2 Å². The number of hydrogen-bond donors (Lipinski definition) is 3. The molecule has 24 heavy (non-hydrogen) atoms. The number of amides is 2. The minimum absolute atomic E-state index is 0.0805. The van der Waals surface area contributed by atoms with Crippen molar-refractivity contribution in [1.82, 2.24) is 21.1 Å². The van der Waals surface area contributed by atoms with Crippen molar-refractivity contribution in [1.29, 1.82) is 0 Å². The molecule has 2 aromatic rings. The first-order valence-corrected chi connectivity index (χ1v) is 8.03. The molecule has 2 amide bonds. The van der Waals surface area contributed by atoms with Gasteiger partial charge in [-0.25, -0.2) is 0 Å². The average Bonchev–Trinajstić information content (AvgIpc) is 3.11. The molecular formula is C17H20N4O3. The van der Waals surface area contributed by atoms with Gasteiger partial charge in [0.15, 0.2) is 11.5 Å². The molecule has 1 aromatic carbocycles. The fourth-order valence-electron chi connectivity index (χ4n) is 2.63. The van der Waals surface area contributed by atoms with Crippen molar-refractivity contribution >= 4 is 11.8 Å². The third-order valence-corrected chi connectivity index (χ3v) is 3.87. The first-order valence-electron chi connectivity index (χ1n) is 8.03. The van der Waals surface area contributed by atoms with E-state index in [9.17, 15) is 9.59 Å². The number of carbonyl (C=O) groups excluding carboxylic acids is 2. The van der Waals surface area contributed by atoms with Crippen molar-refractivity contribution in [3.8, 4) is 11.3 Å². The lowest BCUT2D eigenvalue weighted by molar-refractivity contribution is -0.120. The molecule has 126 valence electrons. The van der Waals surface area contributed by atoms with E-state index in [0.717, 1.165) is 31.5 Å². The van der Waals surface area contributed by atoms with Crippen LogP contribution in [0, 0.1) is 0 Å². The van der Waals surface area contributed by atoms with Gasteiger partial charge in [0.05, 0.1) is 6.54 Å². The molecule has 7 heteroatoms. The van der Waals surface area contributed by atoms with Crippen molar-refractivity contribution in [2.75, 3.05) is 19.6 Å². The van der Waals surface area contributed by atoms with Gasteiger partial charge in [-0.2, -0.15) is 0 Å². The molecule has 3 N–H and O–H groups in total. The number of piperidine rings is 1. The maximum Gasteiger partial charge on any atom is 0.273 e. The second kappa shape index (κ2) is 7.74. The monoisotopic (exact) mass is 328 g/mol. The van der Waals surface area contributed by atoms with Gasteiger partial charge in [0.2, 0.25) is 5.91 Å². The van der Waals surface area contributed by atoms with Crippen molar-refractivity contribution < 1.29 is 14.1 Å². The van der Waals surface area contributed by atoms with Crippen molar-refractivity contribution in [3.63, 3.8) is 0 Å². The Bertz CT molecular complexity index is 693. The highest BCUT2D eigenvalue weighted by Crippen LogP contribution is 2.19. The minimum atomic E-state index is -0.433. The first kappa shape index (κ1) is 16.2. The maximum atomic E-state index is 12.1. The zero-order valence-electron chi connectivity index (χ0n) is 13.2. The predicted molar refractivity (Wildman–Crippen MR) is 88.3 cm³/mol. The third kappa shape index (κ3) is 4.20. The molecule has 2 heterocycles. The lowest BCUT2D eigenvalue weighted by atomic mass is 10.1. The number of carbonyl (C=O) groups is 2. The second-order valence-corrected chi connectivity index (χ2v) is 5.74. The van der Waals surface area contributed by atoms with Gasteiger partial charge in [-0.3, -0.25) is 9.59 Å². The summed E-state index contributed by atoms with van der Waals surface area (Å²) in [5.41, 5.74) is 0.993. The van der Waals surface area contributed by atoms with E-state index in [1.54, 1.807) is 6.07 Å². The summed E-state index contributed by atoms with van der Waals surface area (Å²) < 4.78 is 5.18. The number of rotatable bonds is 5. The Morgan fingerprint density at radius 2 is 2.12 bits per heavy atom. The zero-order valence-corrected chi connectivity index (χ0v) is 13.2. The van der Waals surface area contributed by atoms with Crippen molar-refractivity contribution in [3.05, 3.63) is 42.1 Å². The summed E-state index contributed by atoms with van der Waals surface area (Å²) in [5.74, 6) is -0.125. The fraction of sp³-hybridized carbons (Fsp3) is 0.353. The summed E-state index contributed by atoms with van der Waals surface area (Å²) in [7, 11) is 0. The summed E-state index contributed by atoms with van der Waals surface area (Å²) in [4.78, 5) is 23.9. The number of hydrogen-bond acceptors (Lipinski definition) is 5. The topological polar surface area (TPSA) is 96.3 Å². The Hall–Kier alpha value is -2.67. The zero-order chi connectivity index (χ0) is 16.8. The molecule has 0 bridgehead atoms. The van der Waals surface area contributed by atoms with Crippen LogP contribution < -0.4 is 16.0 Å². The smallest absolute Gasteiger partial charge is 0.273 e. The average molecular weight is 328 g/mol. The van der Waals surface area contributed by atoms with Crippen LogP contribution in [0.5, 0.6) is 0 Å². The van der Waals surface area contributed by atoms with Crippen LogP contribution in [0.3, 0.4) is 0 Å². The van der Waals surface area contributed by atoms with Gasteiger partial charge in [-0.05, 0) is 19.4 Å². The summed E-state index contributed by atoms with van der Waals surface area (Å²) in [6.45, 7) is 1.67. The Morgan fingerprint density at radius 1 is 1.29 bits per heavy atom. The van der Waals surface area contributed by atoms with Crippen LogP contribution in [-0.4, -0.2) is 42.6 Å². The third-order valence-electron chi connectivity index (χ3n) is 3.87. The first-order chi connectivity index (χ1) is 11.7. The van der Waals surface area contributed by atoms with E-state index in [0.29, 0.717) is 5.76 Å². The molecule has 1 saturated heterocycles. The summed E-state index contributed by atoms with van der Waals surface area (Å²) >= 11 is 0. The molecule has 0 aliphatic carbocycles. The maximum absolute atomic E-state index is 12.1. The van der Waals surface area contributed by atoms with Gasteiger partial charge in [-0.1, -0.05) is 35.5 Å². The molecule has 0 unspecified atom stereocenters. The van der Waals surface area contributed by atoms with Crippen LogP contribution in [0.1, 0.15) is 23.3 Å². The van der Waals surface area contributed by atoms with Gasteiger partial charge in [-0.15, -0.1) is 0 Å². The molecule has 1 aromatic heterocycles. The number of aromatic nitrogens is 1. The number of nitrogens with one attached hydrogen (secondary N) is 3. The quantitative estimate of drug-likeness (QED) is 0.759. The normalized spacial score (nSPS) is 17.2. The van der Waals surface area contributed by atoms with E-state index in [1.807, 2.05) is 30.3 Å². The predicted octanol–water partition coefficient (Wildman–Crippen LogP) is 0.940. The van der Waals surface area contributed by atoms with Crippen LogP contribution in [0.4, 0.5) is 0 Å². The van der Waals surface area contributed by atoms with Gasteiger partial charge in [0.25, 0.3) is 5.91 Å². The summed E-state index contributed by atoms with van der Waals surface area (Å²) in [6, 6.07) is 11.1. The van der Waals surface area contributed by atoms with Crippen molar-refractivity contribution in [2.24, 2.45) is 0 Å². The largest absolute Gasteiger partial charge is 0.355 e. The van der Waals surface area contributed by atoms with E-state index in [1.165, 1.54) is 0 Å². The fourth-order valence-corrected chi connectivity index (χ4v) is 2.63. The van der Waals surface area contributed by atoms with E-state index in [4.69, 9.17) is 4.52 Å². The molecule has 3 rings (SSSR count). The lowest BCUT2D eigenvalue weighted by Crippen LogP contribution is -2.48. The molecule has 0 saturated carbocycles. The van der Waals surface area contributed by atoms with Crippen LogP contribution >= 0.6 is 0 Å². The molecular weight excluding hydrogens is 308 g/mol. The highest BCUT2D eigenvalue weighted by Gasteiger charge is 2.17. The highest BCUT2D eigenvalue weighted by molar-refractivity contribution is 5.95. The molecule has 1 atom stereocenters. The second-order valence-electron chi connectivity index (χ2n) is 5.74. The highest BCUT2D eigenvalue weighted by atomic mass is 16.5. The number of benzene rings is 1. The lowest BCUT2D eigenvalue weighted by Gasteiger charge is -2.23. The van der Waals surface area contributed by atoms with Crippen molar-refractivity contribution in [2.45, 2.75) is 18.9 Å². The molecule has 0 spiro atoms.